The Hall–Kier alpha value is -1.52. The van der Waals surface area contributed by atoms with Gasteiger partial charge >= 0.3 is 0 Å². The van der Waals surface area contributed by atoms with Crippen molar-refractivity contribution in [2.24, 2.45) is 5.92 Å². The number of H-pyrrole nitrogens is 1. The molecule has 4 nitrogen and oxygen atoms in total. The molecule has 1 aliphatic heterocycles. The van der Waals surface area contributed by atoms with Crippen LogP contribution in [0.4, 0.5) is 0 Å². The van der Waals surface area contributed by atoms with Gasteiger partial charge in [0.2, 0.25) is 0 Å². The van der Waals surface area contributed by atoms with E-state index in [0.717, 1.165) is 18.2 Å². The van der Waals surface area contributed by atoms with E-state index in [2.05, 4.69) is 40.0 Å². The summed E-state index contributed by atoms with van der Waals surface area (Å²) in [6.45, 7) is 9.31. The molecule has 134 valence electrons. The molecule has 1 N–H and O–H groups in total. The number of fused-ring (bicyclic) bond motifs is 1. The Morgan fingerprint density at radius 2 is 1.84 bits per heavy atom. The molecule has 2 aliphatic carbocycles. The number of nitrogens with zero attached hydrogens (tertiary/aromatic N) is 2. The van der Waals surface area contributed by atoms with Crippen molar-refractivity contribution in [3.8, 4) is 5.75 Å². The smallest absolute Gasteiger partial charge is 0.125 e. The van der Waals surface area contributed by atoms with Crippen LogP contribution in [0.25, 0.3) is 10.9 Å². The summed E-state index contributed by atoms with van der Waals surface area (Å²) in [5.41, 5.74) is 3.93. The van der Waals surface area contributed by atoms with Gasteiger partial charge < -0.3 is 14.6 Å². The fourth-order valence-electron chi connectivity index (χ4n) is 4.09. The molecule has 2 aromatic rings. The molecule has 0 bridgehead atoms. The normalized spacial score (nSPS) is 22.6. The molecule has 1 aromatic heterocycles. The molecule has 0 atom stereocenters. The quantitative estimate of drug-likeness (QED) is 0.873. The van der Waals surface area contributed by atoms with Crippen molar-refractivity contribution in [2.45, 2.75) is 45.3 Å². The third-order valence-electron chi connectivity index (χ3n) is 5.99. The molecule has 4 heteroatoms. The van der Waals surface area contributed by atoms with Crippen LogP contribution in [-0.2, 0) is 6.54 Å². The fraction of sp³-hybridized carbons (Fsp3) is 0.619. The minimum absolute atomic E-state index is 0.449. The summed E-state index contributed by atoms with van der Waals surface area (Å²) in [6, 6.07) is 4.47. The van der Waals surface area contributed by atoms with Crippen LogP contribution in [0, 0.1) is 12.8 Å². The van der Waals surface area contributed by atoms with Crippen LogP contribution in [0.3, 0.4) is 0 Å². The molecule has 1 saturated heterocycles. The molecule has 0 unspecified atom stereocenters. The van der Waals surface area contributed by atoms with Crippen LogP contribution in [0.5, 0.6) is 5.75 Å². The highest BCUT2D eigenvalue weighted by molar-refractivity contribution is 5.88. The van der Waals surface area contributed by atoms with E-state index in [1.807, 2.05) is 0 Å². The summed E-state index contributed by atoms with van der Waals surface area (Å²) < 4.78 is 6.29. The van der Waals surface area contributed by atoms with Crippen molar-refractivity contribution in [3.63, 3.8) is 0 Å². The van der Waals surface area contributed by atoms with Crippen molar-refractivity contribution in [1.82, 2.24) is 14.8 Å². The average molecular weight is 339 g/mol. The van der Waals surface area contributed by atoms with Gasteiger partial charge in [-0.15, -0.1) is 0 Å². The van der Waals surface area contributed by atoms with Crippen LogP contribution in [0.1, 0.15) is 36.8 Å². The minimum atomic E-state index is 0.449. The van der Waals surface area contributed by atoms with Gasteiger partial charge in [-0.25, -0.2) is 0 Å². The Kier molecular flexibility index (Phi) is 3.98. The molecule has 1 aromatic carbocycles. The van der Waals surface area contributed by atoms with Crippen LogP contribution in [0.2, 0.25) is 0 Å². The van der Waals surface area contributed by atoms with E-state index >= 15 is 0 Å². The van der Waals surface area contributed by atoms with Gasteiger partial charge in [-0.1, -0.05) is 0 Å². The minimum Gasteiger partial charge on any atom is -0.490 e. The summed E-state index contributed by atoms with van der Waals surface area (Å²) in [5, 5.41) is 1.34. The first-order valence-corrected chi connectivity index (χ1v) is 9.97. The number of ether oxygens (including phenoxy) is 1. The van der Waals surface area contributed by atoms with Gasteiger partial charge in [-0.05, 0) is 56.2 Å². The molecular formula is C21H29N3O. The summed E-state index contributed by atoms with van der Waals surface area (Å²) in [6.07, 6.45) is 7.85. The highest BCUT2D eigenvalue weighted by Gasteiger charge is 2.28. The third kappa shape index (κ3) is 3.42. The lowest BCUT2D eigenvalue weighted by molar-refractivity contribution is 0.122. The Morgan fingerprint density at radius 1 is 1.08 bits per heavy atom. The molecule has 3 aliphatic rings. The van der Waals surface area contributed by atoms with E-state index in [1.165, 1.54) is 80.4 Å². The zero-order chi connectivity index (χ0) is 16.8. The number of nitrogens with one attached hydrogen (secondary N) is 1. The number of aromatic nitrogens is 1. The Morgan fingerprint density at radius 3 is 2.56 bits per heavy atom. The summed E-state index contributed by atoms with van der Waals surface area (Å²) >= 11 is 0. The van der Waals surface area contributed by atoms with Crippen molar-refractivity contribution in [2.75, 3.05) is 32.7 Å². The van der Waals surface area contributed by atoms with Crippen LogP contribution < -0.4 is 4.74 Å². The molecule has 2 saturated carbocycles. The number of piperazine rings is 1. The second kappa shape index (κ2) is 6.33. The second-order valence-electron chi connectivity index (χ2n) is 8.27. The Balaban J connectivity index is 1.34. The maximum Gasteiger partial charge on any atom is 0.125 e. The highest BCUT2D eigenvalue weighted by atomic mass is 16.5. The second-order valence-corrected chi connectivity index (χ2v) is 8.27. The van der Waals surface area contributed by atoms with Crippen LogP contribution in [-0.4, -0.2) is 53.6 Å². The molecule has 5 rings (SSSR count). The van der Waals surface area contributed by atoms with Gasteiger partial charge in [0.1, 0.15) is 5.75 Å². The lowest BCUT2D eigenvalue weighted by Crippen LogP contribution is -2.46. The largest absolute Gasteiger partial charge is 0.490 e. The number of benzene rings is 1. The molecule has 2 heterocycles. The predicted molar refractivity (Wildman–Crippen MR) is 101 cm³/mol. The maximum atomic E-state index is 6.29. The lowest BCUT2D eigenvalue weighted by atomic mass is 10.0. The van der Waals surface area contributed by atoms with Gasteiger partial charge in [-0.3, -0.25) is 4.90 Å². The molecule has 3 fully saturated rings. The van der Waals surface area contributed by atoms with E-state index in [4.69, 9.17) is 4.74 Å². The third-order valence-corrected chi connectivity index (χ3v) is 5.99. The Bertz CT molecular complexity index is 752. The number of rotatable bonds is 6. The van der Waals surface area contributed by atoms with Gasteiger partial charge in [0, 0.05) is 61.9 Å². The van der Waals surface area contributed by atoms with Crippen molar-refractivity contribution < 1.29 is 4.74 Å². The maximum absolute atomic E-state index is 6.29. The lowest BCUT2D eigenvalue weighted by Gasteiger charge is -2.35. The summed E-state index contributed by atoms with van der Waals surface area (Å²) in [4.78, 5) is 8.69. The molecule has 0 amide bonds. The first-order chi connectivity index (χ1) is 12.3. The number of hydrogen-bond donors (Lipinski definition) is 1. The van der Waals surface area contributed by atoms with Gasteiger partial charge in [0.25, 0.3) is 0 Å². The molecular weight excluding hydrogens is 310 g/mol. The monoisotopic (exact) mass is 339 g/mol. The highest BCUT2D eigenvalue weighted by Crippen LogP contribution is 2.36. The van der Waals surface area contributed by atoms with Gasteiger partial charge in [0.15, 0.2) is 0 Å². The van der Waals surface area contributed by atoms with Gasteiger partial charge in [0.05, 0.1) is 6.10 Å². The van der Waals surface area contributed by atoms with Crippen molar-refractivity contribution in [1.29, 1.82) is 0 Å². The number of aromatic amines is 1. The van der Waals surface area contributed by atoms with E-state index in [1.54, 1.807) is 0 Å². The molecule has 0 spiro atoms. The SMILES string of the molecule is Cc1cc(OC2CC2)c(CN2CCN(CC3CC3)CC2)c2cc[nH]c12. The summed E-state index contributed by atoms with van der Waals surface area (Å²) in [7, 11) is 0. The standard InChI is InChI=1S/C21H29N3O/c1-15-12-20(25-17-4-5-17)19(18-6-7-22-21(15)18)14-24-10-8-23(9-11-24)13-16-2-3-16/h6-7,12,16-17,22H,2-5,8-11,13-14H2,1H3. The summed E-state index contributed by atoms with van der Waals surface area (Å²) in [5.74, 6) is 2.12. The number of aryl methyl sites for hydroxylation is 1. The van der Waals surface area contributed by atoms with Crippen molar-refractivity contribution >= 4 is 10.9 Å². The zero-order valence-electron chi connectivity index (χ0n) is 15.3. The zero-order valence-corrected chi connectivity index (χ0v) is 15.3. The first-order valence-electron chi connectivity index (χ1n) is 9.97. The van der Waals surface area contributed by atoms with Crippen LogP contribution >= 0.6 is 0 Å². The average Bonchev–Trinajstić information content (AvgIpc) is 3.53. The van der Waals surface area contributed by atoms with E-state index in [0.29, 0.717) is 6.10 Å². The van der Waals surface area contributed by atoms with Crippen LogP contribution in [0.15, 0.2) is 18.3 Å². The van der Waals surface area contributed by atoms with E-state index < -0.39 is 0 Å². The van der Waals surface area contributed by atoms with Gasteiger partial charge in [-0.2, -0.15) is 0 Å². The molecule has 25 heavy (non-hydrogen) atoms. The number of hydrogen-bond acceptors (Lipinski definition) is 3. The predicted octanol–water partition coefficient (Wildman–Crippen LogP) is 3.55. The Labute approximate surface area is 150 Å². The van der Waals surface area contributed by atoms with E-state index in [9.17, 15) is 0 Å². The first kappa shape index (κ1) is 15.7. The van der Waals surface area contributed by atoms with Crippen molar-refractivity contribution in [3.05, 3.63) is 29.5 Å². The molecule has 0 radical (unpaired) electrons. The fourth-order valence-corrected chi connectivity index (χ4v) is 4.09. The van der Waals surface area contributed by atoms with E-state index in [-0.39, 0.29) is 0 Å². The topological polar surface area (TPSA) is 31.5 Å².